The summed E-state index contributed by atoms with van der Waals surface area (Å²) in [6, 6.07) is 17.1. The van der Waals surface area contributed by atoms with Crippen molar-refractivity contribution in [2.75, 3.05) is 6.61 Å². The number of aliphatic hydroxyl groups excluding tert-OH is 1. The van der Waals surface area contributed by atoms with Crippen molar-refractivity contribution in [1.82, 2.24) is 0 Å². The van der Waals surface area contributed by atoms with Crippen LogP contribution in [0.25, 0.3) is 0 Å². The highest BCUT2D eigenvalue weighted by Gasteiger charge is 2.11. The first kappa shape index (κ1) is 13.8. The van der Waals surface area contributed by atoms with Gasteiger partial charge in [0, 0.05) is 5.92 Å². The molecule has 19 heavy (non-hydrogen) atoms. The third-order valence-corrected chi connectivity index (χ3v) is 3.64. The Bertz CT molecular complexity index is 513. The average molecular weight is 254 g/mol. The molecule has 0 spiro atoms. The summed E-state index contributed by atoms with van der Waals surface area (Å²) in [5, 5.41) is 9.64. The molecule has 0 aliphatic rings. The first-order valence-electron chi connectivity index (χ1n) is 6.98. The molecule has 0 bridgehead atoms. The maximum atomic E-state index is 9.64. The topological polar surface area (TPSA) is 20.2 Å². The lowest BCUT2D eigenvalue weighted by molar-refractivity contribution is 0.264. The van der Waals surface area contributed by atoms with Crippen LogP contribution in [0.15, 0.2) is 48.5 Å². The average Bonchev–Trinajstić information content (AvgIpc) is 2.45. The molecule has 0 fully saturated rings. The van der Waals surface area contributed by atoms with Crippen molar-refractivity contribution in [3.05, 3.63) is 70.8 Å². The van der Waals surface area contributed by atoms with Crippen LogP contribution in [0.3, 0.4) is 0 Å². The van der Waals surface area contributed by atoms with Gasteiger partial charge in [0.25, 0.3) is 0 Å². The highest BCUT2D eigenvalue weighted by atomic mass is 16.3. The summed E-state index contributed by atoms with van der Waals surface area (Å²) in [4.78, 5) is 0. The van der Waals surface area contributed by atoms with Crippen molar-refractivity contribution in [3.8, 4) is 0 Å². The lowest BCUT2D eigenvalue weighted by Gasteiger charge is -2.15. The standard InChI is InChI=1S/C18H22O/c1-3-15-7-9-17(10-8-15)18(13-19)12-16-6-4-5-14(2)11-16/h4-11,18-19H,3,12-13H2,1-2H3. The van der Waals surface area contributed by atoms with Crippen molar-refractivity contribution >= 4 is 0 Å². The zero-order valence-corrected chi connectivity index (χ0v) is 11.8. The maximum Gasteiger partial charge on any atom is 0.0502 e. The van der Waals surface area contributed by atoms with Crippen molar-refractivity contribution in [2.45, 2.75) is 32.6 Å². The summed E-state index contributed by atoms with van der Waals surface area (Å²) in [6.07, 6.45) is 1.95. The molecule has 0 heterocycles. The molecule has 0 saturated heterocycles. The fourth-order valence-corrected chi connectivity index (χ4v) is 2.44. The Balaban J connectivity index is 2.15. The highest BCUT2D eigenvalue weighted by molar-refractivity contribution is 5.29. The van der Waals surface area contributed by atoms with E-state index in [1.165, 1.54) is 22.3 Å². The van der Waals surface area contributed by atoms with E-state index in [-0.39, 0.29) is 12.5 Å². The molecule has 0 radical (unpaired) electrons. The smallest absolute Gasteiger partial charge is 0.0502 e. The van der Waals surface area contributed by atoms with E-state index in [1.54, 1.807) is 0 Å². The summed E-state index contributed by atoms with van der Waals surface area (Å²) in [7, 11) is 0. The fraction of sp³-hybridized carbons (Fsp3) is 0.333. The first-order valence-corrected chi connectivity index (χ1v) is 6.98. The number of rotatable bonds is 5. The van der Waals surface area contributed by atoms with Crippen LogP contribution in [0, 0.1) is 6.92 Å². The monoisotopic (exact) mass is 254 g/mol. The van der Waals surface area contributed by atoms with Gasteiger partial charge in [-0.3, -0.25) is 0 Å². The quantitative estimate of drug-likeness (QED) is 0.858. The van der Waals surface area contributed by atoms with Crippen LogP contribution < -0.4 is 0 Å². The Kier molecular flexibility index (Phi) is 4.75. The van der Waals surface area contributed by atoms with Gasteiger partial charge in [-0.2, -0.15) is 0 Å². The highest BCUT2D eigenvalue weighted by Crippen LogP contribution is 2.21. The van der Waals surface area contributed by atoms with Crippen molar-refractivity contribution < 1.29 is 5.11 Å². The van der Waals surface area contributed by atoms with Crippen molar-refractivity contribution in [2.24, 2.45) is 0 Å². The van der Waals surface area contributed by atoms with Crippen LogP contribution in [-0.4, -0.2) is 11.7 Å². The van der Waals surface area contributed by atoms with E-state index < -0.39 is 0 Å². The van der Waals surface area contributed by atoms with Gasteiger partial charge in [-0.15, -0.1) is 0 Å². The number of benzene rings is 2. The molecule has 0 aliphatic carbocycles. The predicted octanol–water partition coefficient (Wildman–Crippen LogP) is 3.88. The lowest BCUT2D eigenvalue weighted by atomic mass is 9.91. The summed E-state index contributed by atoms with van der Waals surface area (Å²) in [6.45, 7) is 4.46. The molecule has 2 rings (SSSR count). The molecule has 1 heteroatoms. The summed E-state index contributed by atoms with van der Waals surface area (Å²) >= 11 is 0. The van der Waals surface area contributed by atoms with E-state index in [2.05, 4.69) is 62.4 Å². The third-order valence-electron chi connectivity index (χ3n) is 3.64. The molecule has 2 aromatic carbocycles. The molecule has 0 aromatic heterocycles. The molecule has 1 unspecified atom stereocenters. The van der Waals surface area contributed by atoms with Crippen LogP contribution >= 0.6 is 0 Å². The van der Waals surface area contributed by atoms with Gasteiger partial charge < -0.3 is 5.11 Å². The molecule has 1 nitrogen and oxygen atoms in total. The van der Waals surface area contributed by atoms with E-state index in [0.717, 1.165) is 12.8 Å². The van der Waals surface area contributed by atoms with Gasteiger partial charge in [-0.1, -0.05) is 61.0 Å². The Morgan fingerprint density at radius 3 is 2.32 bits per heavy atom. The van der Waals surface area contributed by atoms with Gasteiger partial charge in [-0.25, -0.2) is 0 Å². The minimum atomic E-state index is 0.188. The predicted molar refractivity (Wildman–Crippen MR) is 80.5 cm³/mol. The Hall–Kier alpha value is -1.60. The molecule has 0 saturated carbocycles. The van der Waals surface area contributed by atoms with Gasteiger partial charge in [-0.05, 0) is 36.5 Å². The molecule has 100 valence electrons. The number of aliphatic hydroxyl groups is 1. The van der Waals surface area contributed by atoms with Crippen LogP contribution in [0.1, 0.15) is 35.1 Å². The number of aryl methyl sites for hydroxylation is 2. The summed E-state index contributed by atoms with van der Waals surface area (Å²) in [5.41, 5.74) is 5.13. The molecule has 0 amide bonds. The van der Waals surface area contributed by atoms with E-state index in [0.29, 0.717) is 0 Å². The van der Waals surface area contributed by atoms with Crippen molar-refractivity contribution in [3.63, 3.8) is 0 Å². The van der Waals surface area contributed by atoms with Crippen LogP contribution in [0.4, 0.5) is 0 Å². The van der Waals surface area contributed by atoms with E-state index in [4.69, 9.17) is 0 Å². The SMILES string of the molecule is CCc1ccc(C(CO)Cc2cccc(C)c2)cc1. The van der Waals surface area contributed by atoms with Crippen LogP contribution in [-0.2, 0) is 12.8 Å². The Morgan fingerprint density at radius 1 is 1.00 bits per heavy atom. The largest absolute Gasteiger partial charge is 0.396 e. The zero-order valence-electron chi connectivity index (χ0n) is 11.8. The lowest BCUT2D eigenvalue weighted by Crippen LogP contribution is -2.08. The Labute approximate surface area is 115 Å². The van der Waals surface area contributed by atoms with Gasteiger partial charge in [0.2, 0.25) is 0 Å². The summed E-state index contributed by atoms with van der Waals surface area (Å²) < 4.78 is 0. The first-order chi connectivity index (χ1) is 9.22. The van der Waals surface area contributed by atoms with Gasteiger partial charge in [0.05, 0.1) is 6.61 Å². The minimum Gasteiger partial charge on any atom is -0.396 e. The van der Waals surface area contributed by atoms with Crippen LogP contribution in [0.2, 0.25) is 0 Å². The molecule has 1 atom stereocenters. The fourth-order valence-electron chi connectivity index (χ4n) is 2.44. The van der Waals surface area contributed by atoms with Gasteiger partial charge in [0.15, 0.2) is 0 Å². The van der Waals surface area contributed by atoms with Gasteiger partial charge in [0.1, 0.15) is 0 Å². The number of hydrogen-bond acceptors (Lipinski definition) is 1. The zero-order chi connectivity index (χ0) is 13.7. The third kappa shape index (κ3) is 3.68. The minimum absolute atomic E-state index is 0.188. The molecular weight excluding hydrogens is 232 g/mol. The van der Waals surface area contributed by atoms with E-state index in [9.17, 15) is 5.11 Å². The van der Waals surface area contributed by atoms with E-state index >= 15 is 0 Å². The number of hydrogen-bond donors (Lipinski definition) is 1. The molecule has 0 aliphatic heterocycles. The van der Waals surface area contributed by atoms with E-state index in [1.807, 2.05) is 0 Å². The van der Waals surface area contributed by atoms with Gasteiger partial charge >= 0.3 is 0 Å². The van der Waals surface area contributed by atoms with Crippen LogP contribution in [0.5, 0.6) is 0 Å². The summed E-state index contributed by atoms with van der Waals surface area (Å²) in [5.74, 6) is 0.188. The molecular formula is C18H22O. The second-order valence-corrected chi connectivity index (χ2v) is 5.17. The second-order valence-electron chi connectivity index (χ2n) is 5.17. The normalized spacial score (nSPS) is 12.4. The Morgan fingerprint density at radius 2 is 1.74 bits per heavy atom. The maximum absolute atomic E-state index is 9.64. The molecule has 2 aromatic rings. The van der Waals surface area contributed by atoms with Crippen molar-refractivity contribution in [1.29, 1.82) is 0 Å². The molecule has 1 N–H and O–H groups in total. The second kappa shape index (κ2) is 6.53.